The number of nitrogens with zero attached hydrogens (tertiary/aromatic N) is 1. The summed E-state index contributed by atoms with van der Waals surface area (Å²) in [5, 5.41) is 9.51. The highest BCUT2D eigenvalue weighted by Gasteiger charge is 2.31. The average Bonchev–Trinajstić information content (AvgIpc) is 2.71. The molecule has 0 saturated carbocycles. The van der Waals surface area contributed by atoms with E-state index in [9.17, 15) is 4.79 Å². The molecular weight excluding hydrogens is 242 g/mol. The Morgan fingerprint density at radius 1 is 1.59 bits per heavy atom. The molecule has 1 fully saturated rings. The van der Waals surface area contributed by atoms with Crippen LogP contribution in [-0.4, -0.2) is 31.3 Å². The molecule has 92 valence electrons. The van der Waals surface area contributed by atoms with Crippen LogP contribution in [-0.2, 0) is 4.79 Å². The largest absolute Gasteiger partial charge is 0.495 e. The van der Waals surface area contributed by atoms with Gasteiger partial charge in [-0.15, -0.1) is 0 Å². The van der Waals surface area contributed by atoms with Crippen molar-refractivity contribution in [3.8, 4) is 5.75 Å². The van der Waals surface area contributed by atoms with Crippen LogP contribution in [0.1, 0.15) is 6.42 Å². The Hall–Kier alpha value is -1.26. The number of halogens is 1. The number of aliphatic hydroxyl groups excluding tert-OH is 1. The van der Waals surface area contributed by atoms with Crippen molar-refractivity contribution in [2.45, 2.75) is 6.42 Å². The van der Waals surface area contributed by atoms with Crippen LogP contribution in [0.2, 0.25) is 5.02 Å². The first kappa shape index (κ1) is 12.2. The first-order valence-electron chi connectivity index (χ1n) is 5.41. The van der Waals surface area contributed by atoms with Crippen LogP contribution in [0.15, 0.2) is 18.2 Å². The normalized spacial score (nSPS) is 19.8. The summed E-state index contributed by atoms with van der Waals surface area (Å²) in [5.74, 6) is 0.522. The maximum atomic E-state index is 11.8. The van der Waals surface area contributed by atoms with E-state index >= 15 is 0 Å². The Balaban J connectivity index is 2.32. The van der Waals surface area contributed by atoms with Crippen LogP contribution in [0.3, 0.4) is 0 Å². The van der Waals surface area contributed by atoms with Gasteiger partial charge in [0.1, 0.15) is 10.8 Å². The Morgan fingerprint density at radius 2 is 2.35 bits per heavy atom. The number of ether oxygens (including phenoxy) is 1. The molecule has 1 heterocycles. The summed E-state index contributed by atoms with van der Waals surface area (Å²) in [6.45, 7) is 0.520. The van der Waals surface area contributed by atoms with E-state index in [1.165, 1.54) is 7.11 Å². The lowest BCUT2D eigenvalue weighted by Crippen LogP contribution is -2.25. The molecule has 1 aliphatic rings. The number of hydrogen-bond donors (Lipinski definition) is 1. The lowest BCUT2D eigenvalue weighted by molar-refractivity contribution is -0.117. The zero-order valence-corrected chi connectivity index (χ0v) is 10.3. The summed E-state index contributed by atoms with van der Waals surface area (Å²) in [7, 11) is 1.54. The Labute approximate surface area is 105 Å². The number of anilines is 1. The van der Waals surface area contributed by atoms with Crippen LogP contribution < -0.4 is 9.64 Å². The van der Waals surface area contributed by atoms with Gasteiger partial charge < -0.3 is 14.7 Å². The van der Waals surface area contributed by atoms with Crippen LogP contribution in [0.4, 0.5) is 5.69 Å². The molecule has 2 rings (SSSR count). The Morgan fingerprint density at radius 3 is 2.94 bits per heavy atom. The van der Waals surface area contributed by atoms with E-state index in [4.69, 9.17) is 21.4 Å². The van der Waals surface area contributed by atoms with Crippen molar-refractivity contribution in [3.05, 3.63) is 23.2 Å². The smallest absolute Gasteiger partial charge is 0.227 e. The molecule has 0 radical (unpaired) electrons. The first-order chi connectivity index (χ1) is 8.17. The number of hydrogen-bond acceptors (Lipinski definition) is 3. The highest BCUT2D eigenvalue weighted by atomic mass is 35.5. The van der Waals surface area contributed by atoms with E-state index in [0.29, 0.717) is 29.4 Å². The molecule has 0 spiro atoms. The second-order valence-corrected chi connectivity index (χ2v) is 4.43. The van der Waals surface area contributed by atoms with Gasteiger partial charge in [-0.1, -0.05) is 17.7 Å². The molecule has 4 nitrogen and oxygen atoms in total. The molecular formula is C12H14ClNO3. The molecule has 17 heavy (non-hydrogen) atoms. The van der Waals surface area contributed by atoms with Gasteiger partial charge in [0.15, 0.2) is 0 Å². The maximum absolute atomic E-state index is 11.8. The van der Waals surface area contributed by atoms with Gasteiger partial charge in [-0.3, -0.25) is 4.79 Å². The molecule has 0 aliphatic carbocycles. The number of benzene rings is 1. The quantitative estimate of drug-likeness (QED) is 0.894. The maximum Gasteiger partial charge on any atom is 0.227 e. The third kappa shape index (κ3) is 2.23. The number of methoxy groups -OCH3 is 1. The minimum absolute atomic E-state index is 0.00947. The molecule has 1 atom stereocenters. The second-order valence-electron chi connectivity index (χ2n) is 4.05. The van der Waals surface area contributed by atoms with Gasteiger partial charge in [0.2, 0.25) is 5.91 Å². The van der Waals surface area contributed by atoms with E-state index in [1.54, 1.807) is 23.1 Å². The number of amides is 1. The zero-order chi connectivity index (χ0) is 12.4. The topological polar surface area (TPSA) is 49.8 Å². The monoisotopic (exact) mass is 255 g/mol. The lowest BCUT2D eigenvalue weighted by atomic mass is 10.1. The lowest BCUT2D eigenvalue weighted by Gasteiger charge is -2.19. The predicted octanol–water partition coefficient (Wildman–Crippen LogP) is 1.69. The van der Waals surface area contributed by atoms with Crippen molar-refractivity contribution in [2.75, 3.05) is 25.2 Å². The molecule has 1 aliphatic heterocycles. The fourth-order valence-corrected chi connectivity index (χ4v) is 2.31. The average molecular weight is 256 g/mol. The van der Waals surface area contributed by atoms with E-state index in [-0.39, 0.29) is 18.4 Å². The van der Waals surface area contributed by atoms with Gasteiger partial charge in [0.25, 0.3) is 0 Å². The summed E-state index contributed by atoms with van der Waals surface area (Å²) >= 11 is 6.16. The van der Waals surface area contributed by atoms with E-state index in [1.807, 2.05) is 0 Å². The molecule has 0 aromatic heterocycles. The summed E-state index contributed by atoms with van der Waals surface area (Å²) in [5.41, 5.74) is 0.645. The summed E-state index contributed by atoms with van der Waals surface area (Å²) < 4.78 is 5.11. The number of carbonyl (C=O) groups is 1. The fraction of sp³-hybridized carbons (Fsp3) is 0.417. The van der Waals surface area contributed by atoms with Gasteiger partial charge >= 0.3 is 0 Å². The van der Waals surface area contributed by atoms with Crippen molar-refractivity contribution in [3.63, 3.8) is 0 Å². The van der Waals surface area contributed by atoms with Gasteiger partial charge in [-0.25, -0.2) is 0 Å². The highest BCUT2D eigenvalue weighted by Crippen LogP contribution is 2.36. The van der Waals surface area contributed by atoms with Crippen LogP contribution >= 0.6 is 11.6 Å². The van der Waals surface area contributed by atoms with Crippen LogP contribution in [0.5, 0.6) is 5.75 Å². The summed E-state index contributed by atoms with van der Waals surface area (Å²) in [6, 6.07) is 5.32. The molecule has 1 amide bonds. The predicted molar refractivity (Wildman–Crippen MR) is 65.5 cm³/mol. The van der Waals surface area contributed by atoms with E-state index in [2.05, 4.69) is 0 Å². The number of aliphatic hydroxyl groups is 1. The van der Waals surface area contributed by atoms with Crippen LogP contribution in [0, 0.1) is 5.92 Å². The SMILES string of the molecule is COc1cccc(N2CC(CO)CC2=O)c1Cl. The highest BCUT2D eigenvalue weighted by molar-refractivity contribution is 6.35. The van der Waals surface area contributed by atoms with Gasteiger partial charge in [-0.05, 0) is 12.1 Å². The van der Waals surface area contributed by atoms with Crippen molar-refractivity contribution in [1.29, 1.82) is 0 Å². The molecule has 1 saturated heterocycles. The van der Waals surface area contributed by atoms with Gasteiger partial charge in [0, 0.05) is 25.5 Å². The minimum atomic E-state index is -0.0146. The van der Waals surface area contributed by atoms with Gasteiger partial charge in [0.05, 0.1) is 12.8 Å². The fourth-order valence-electron chi connectivity index (χ4n) is 2.00. The third-order valence-corrected chi connectivity index (χ3v) is 3.30. The van der Waals surface area contributed by atoms with Crippen molar-refractivity contribution >= 4 is 23.2 Å². The van der Waals surface area contributed by atoms with Crippen molar-refractivity contribution in [2.24, 2.45) is 5.92 Å². The molecule has 1 aromatic carbocycles. The Bertz CT molecular complexity index is 436. The molecule has 1 aromatic rings. The van der Waals surface area contributed by atoms with Crippen LogP contribution in [0.25, 0.3) is 0 Å². The van der Waals surface area contributed by atoms with Gasteiger partial charge in [-0.2, -0.15) is 0 Å². The van der Waals surface area contributed by atoms with Crippen molar-refractivity contribution < 1.29 is 14.6 Å². The molecule has 5 heteroatoms. The first-order valence-corrected chi connectivity index (χ1v) is 5.79. The number of carbonyl (C=O) groups excluding carboxylic acids is 1. The van der Waals surface area contributed by atoms with E-state index in [0.717, 1.165) is 0 Å². The summed E-state index contributed by atoms with van der Waals surface area (Å²) in [6.07, 6.45) is 0.365. The van der Waals surface area contributed by atoms with E-state index < -0.39 is 0 Å². The summed E-state index contributed by atoms with van der Waals surface area (Å²) in [4.78, 5) is 13.4. The minimum Gasteiger partial charge on any atom is -0.495 e. The van der Waals surface area contributed by atoms with Crippen molar-refractivity contribution in [1.82, 2.24) is 0 Å². The number of rotatable bonds is 3. The zero-order valence-electron chi connectivity index (χ0n) is 9.52. The molecule has 1 N–H and O–H groups in total. The standard InChI is InChI=1S/C12H14ClNO3/c1-17-10-4-2-3-9(12(10)13)14-6-8(7-15)5-11(14)16/h2-4,8,15H,5-7H2,1H3. The second kappa shape index (κ2) is 4.94. The third-order valence-electron chi connectivity index (χ3n) is 2.92. The Kier molecular flexibility index (Phi) is 3.54. The molecule has 0 bridgehead atoms. The molecule has 1 unspecified atom stereocenters.